The van der Waals surface area contributed by atoms with Gasteiger partial charge in [-0.2, -0.15) is 0 Å². The number of hydrogen-bond donors (Lipinski definition) is 4. The van der Waals surface area contributed by atoms with Crippen LogP contribution in [-0.2, 0) is 26.6 Å². The highest BCUT2D eigenvalue weighted by Crippen LogP contribution is 2.23. The zero-order valence-electron chi connectivity index (χ0n) is 24.6. The number of benzene rings is 2. The van der Waals surface area contributed by atoms with E-state index in [1.165, 1.54) is 17.0 Å². The molecule has 0 radical (unpaired) electrons. The number of nitrogens with one attached hydrogen (secondary N) is 2. The molecule has 0 spiro atoms. The smallest absolute Gasteiger partial charge is 0.255 e. The summed E-state index contributed by atoms with van der Waals surface area (Å²) in [6, 6.07) is 10.5. The zero-order valence-corrected chi connectivity index (χ0v) is 26.2. The minimum absolute atomic E-state index is 0.0258. The standard InChI is InChI=1S/C27H37N9O6S2/c1-32(43(2,39)40)44(41,42)23-16-19(18-33-7-9-36(10-8-33)27(30)31)15-22(17-23)26(38)35-13-11-34(12-14-35)25(37)21-5-3-20(4-6-21)24(28)29/h3-6,15-17H,7-14,18H2,1-2H3,(H3,28,29)(H3,30,31). The number of carbonyl (C=O) groups excluding carboxylic acids is 2. The lowest BCUT2D eigenvalue weighted by atomic mass is 10.1. The molecule has 0 atom stereocenters. The third kappa shape index (κ3) is 7.35. The first kappa shape index (κ1) is 32.8. The van der Waals surface area contributed by atoms with Gasteiger partial charge < -0.3 is 26.2 Å². The van der Waals surface area contributed by atoms with Crippen molar-refractivity contribution in [3.8, 4) is 0 Å². The lowest BCUT2D eigenvalue weighted by molar-refractivity contribution is 0.0535. The van der Waals surface area contributed by atoms with Crippen LogP contribution in [0.1, 0.15) is 31.8 Å². The molecule has 2 aliphatic heterocycles. The molecule has 2 aliphatic rings. The van der Waals surface area contributed by atoms with Gasteiger partial charge in [0, 0.05) is 82.6 Å². The van der Waals surface area contributed by atoms with Gasteiger partial charge in [0.1, 0.15) is 5.84 Å². The fourth-order valence-electron chi connectivity index (χ4n) is 5.03. The fraction of sp³-hybridized carbons (Fsp3) is 0.407. The van der Waals surface area contributed by atoms with Gasteiger partial charge in [0.2, 0.25) is 10.0 Å². The molecule has 2 saturated heterocycles. The number of hydrogen-bond acceptors (Lipinski definition) is 9. The maximum absolute atomic E-state index is 13.7. The Labute approximate surface area is 257 Å². The molecule has 17 heteroatoms. The number of rotatable bonds is 8. The third-order valence-corrected chi connectivity index (χ3v) is 11.6. The van der Waals surface area contributed by atoms with Crippen molar-refractivity contribution >= 4 is 43.7 Å². The van der Waals surface area contributed by atoms with Crippen molar-refractivity contribution in [3.63, 3.8) is 0 Å². The Morgan fingerprint density at radius 3 is 1.70 bits per heavy atom. The lowest BCUT2D eigenvalue weighted by Gasteiger charge is -2.35. The number of nitrogens with two attached hydrogens (primary N) is 2. The van der Waals surface area contributed by atoms with Crippen molar-refractivity contribution in [1.29, 1.82) is 10.8 Å². The molecule has 15 nitrogen and oxygen atoms in total. The van der Waals surface area contributed by atoms with Gasteiger partial charge in [0.15, 0.2) is 5.96 Å². The molecule has 2 fully saturated rings. The van der Waals surface area contributed by atoms with Crippen molar-refractivity contribution in [3.05, 3.63) is 64.7 Å². The Hall–Kier alpha value is -4.06. The van der Waals surface area contributed by atoms with Crippen molar-refractivity contribution in [2.45, 2.75) is 11.4 Å². The molecular formula is C27H37N9O6S2. The Morgan fingerprint density at radius 2 is 1.23 bits per heavy atom. The average Bonchev–Trinajstić information content (AvgIpc) is 2.99. The summed E-state index contributed by atoms with van der Waals surface area (Å²) in [5.41, 5.74) is 12.6. The van der Waals surface area contributed by atoms with E-state index in [1.807, 2.05) is 4.90 Å². The summed E-state index contributed by atoms with van der Waals surface area (Å²) in [5.74, 6) is -0.794. The molecule has 44 heavy (non-hydrogen) atoms. The van der Waals surface area contributed by atoms with Crippen LogP contribution in [0.5, 0.6) is 0 Å². The van der Waals surface area contributed by atoms with Gasteiger partial charge in [-0.1, -0.05) is 15.8 Å². The molecule has 2 aromatic rings. The zero-order chi connectivity index (χ0) is 32.4. The summed E-state index contributed by atoms with van der Waals surface area (Å²) < 4.78 is 51.1. The number of amidine groups is 1. The molecule has 6 N–H and O–H groups in total. The largest absolute Gasteiger partial charge is 0.384 e. The maximum atomic E-state index is 13.7. The first-order valence-electron chi connectivity index (χ1n) is 13.8. The second-order valence-corrected chi connectivity index (χ2v) is 15.0. The Bertz CT molecular complexity index is 1660. The van der Waals surface area contributed by atoms with Gasteiger partial charge in [-0.05, 0) is 35.9 Å². The predicted molar refractivity (Wildman–Crippen MR) is 164 cm³/mol. The Kier molecular flexibility index (Phi) is 9.62. The van der Waals surface area contributed by atoms with Crippen LogP contribution in [0.3, 0.4) is 0 Å². The number of piperazine rings is 2. The SMILES string of the molecule is CN(S(C)(=O)=O)S(=O)(=O)c1cc(CN2CCN(C(=N)N)CC2)cc(C(=O)N2CCN(C(=O)c3ccc(C(=N)N)cc3)CC2)c1. The van der Waals surface area contributed by atoms with Crippen molar-refractivity contribution in [2.24, 2.45) is 11.5 Å². The van der Waals surface area contributed by atoms with Crippen molar-refractivity contribution in [2.75, 3.05) is 65.7 Å². The van der Waals surface area contributed by atoms with Gasteiger partial charge in [-0.25, -0.2) is 16.8 Å². The van der Waals surface area contributed by atoms with Gasteiger partial charge >= 0.3 is 0 Å². The minimum Gasteiger partial charge on any atom is -0.384 e. The van der Waals surface area contributed by atoms with Gasteiger partial charge in [-0.3, -0.25) is 25.3 Å². The lowest BCUT2D eigenvalue weighted by Crippen LogP contribution is -2.50. The van der Waals surface area contributed by atoms with Crippen LogP contribution in [0.25, 0.3) is 0 Å². The van der Waals surface area contributed by atoms with Gasteiger partial charge in [0.25, 0.3) is 21.8 Å². The number of guanidine groups is 1. The van der Waals surface area contributed by atoms with E-state index >= 15 is 0 Å². The molecule has 0 unspecified atom stereocenters. The van der Waals surface area contributed by atoms with E-state index in [0.717, 1.165) is 13.3 Å². The third-order valence-electron chi connectivity index (χ3n) is 7.73. The van der Waals surface area contributed by atoms with Gasteiger partial charge in [0.05, 0.1) is 11.2 Å². The highest BCUT2D eigenvalue weighted by Gasteiger charge is 2.31. The summed E-state index contributed by atoms with van der Waals surface area (Å²) in [6.45, 7) is 3.34. The van der Waals surface area contributed by atoms with E-state index in [2.05, 4.69) is 0 Å². The summed E-state index contributed by atoms with van der Waals surface area (Å²) in [5, 5.41) is 15.1. The molecule has 238 valence electrons. The highest BCUT2D eigenvalue weighted by molar-refractivity contribution is 8.03. The minimum atomic E-state index is -4.50. The second-order valence-electron chi connectivity index (χ2n) is 10.7. The quantitative estimate of drug-likeness (QED) is 0.206. The summed E-state index contributed by atoms with van der Waals surface area (Å²) in [6.07, 6.45) is 0.785. The van der Waals surface area contributed by atoms with Crippen LogP contribution in [0.15, 0.2) is 47.4 Å². The fourth-order valence-corrected chi connectivity index (χ4v) is 7.58. The average molecular weight is 648 g/mol. The van der Waals surface area contributed by atoms with Crippen LogP contribution in [0.2, 0.25) is 0 Å². The second kappa shape index (κ2) is 12.9. The van der Waals surface area contributed by atoms with Crippen LogP contribution in [0.4, 0.5) is 0 Å². The van der Waals surface area contributed by atoms with E-state index in [4.69, 9.17) is 22.3 Å². The van der Waals surface area contributed by atoms with E-state index in [9.17, 15) is 26.4 Å². The number of amides is 2. The predicted octanol–water partition coefficient (Wildman–Crippen LogP) is -0.840. The molecule has 4 rings (SSSR count). The molecule has 0 saturated carbocycles. The van der Waals surface area contributed by atoms with E-state index < -0.39 is 26.0 Å². The van der Waals surface area contributed by atoms with Crippen molar-refractivity contribution in [1.82, 2.24) is 23.3 Å². The molecule has 0 aliphatic carbocycles. The molecule has 2 aromatic carbocycles. The topological polar surface area (TPSA) is 218 Å². The molecule has 2 heterocycles. The number of nitrogen functional groups attached to an aromatic ring is 1. The normalized spacial score (nSPS) is 16.7. The molecule has 0 aromatic heterocycles. The first-order chi connectivity index (χ1) is 20.6. The Balaban J connectivity index is 1.54. The molecule has 2 amide bonds. The van der Waals surface area contributed by atoms with Crippen LogP contribution in [0, 0.1) is 10.8 Å². The summed E-state index contributed by atoms with van der Waals surface area (Å²) >= 11 is 0. The number of carbonyl (C=O) groups is 2. The Morgan fingerprint density at radius 1 is 0.750 bits per heavy atom. The first-order valence-corrected chi connectivity index (χ1v) is 17.0. The van der Waals surface area contributed by atoms with E-state index in [0.29, 0.717) is 49.4 Å². The monoisotopic (exact) mass is 647 g/mol. The number of nitrogens with zero attached hydrogens (tertiary/aromatic N) is 5. The van der Waals surface area contributed by atoms with Crippen molar-refractivity contribution < 1.29 is 26.4 Å². The van der Waals surface area contributed by atoms with Crippen LogP contribution < -0.4 is 11.5 Å². The number of sulfonamides is 2. The summed E-state index contributed by atoms with van der Waals surface area (Å²) in [7, 11) is -7.66. The van der Waals surface area contributed by atoms with Gasteiger partial charge in [-0.15, -0.1) is 0 Å². The van der Waals surface area contributed by atoms with E-state index in [1.54, 1.807) is 40.1 Å². The molecule has 0 bridgehead atoms. The maximum Gasteiger partial charge on any atom is 0.255 e. The summed E-state index contributed by atoms with van der Waals surface area (Å²) in [4.78, 5) is 33.2. The molecular weight excluding hydrogens is 610 g/mol. The highest BCUT2D eigenvalue weighted by atomic mass is 32.3. The van der Waals surface area contributed by atoms with Crippen LogP contribution >= 0.6 is 0 Å². The van der Waals surface area contributed by atoms with E-state index in [-0.39, 0.29) is 58.1 Å². The van der Waals surface area contributed by atoms with Crippen LogP contribution in [-0.4, -0.2) is 129 Å².